The Morgan fingerprint density at radius 2 is 1.55 bits per heavy atom. The molecule has 0 saturated carbocycles. The number of rotatable bonds is 9. The molecule has 0 bridgehead atoms. The van der Waals surface area contributed by atoms with Gasteiger partial charge in [0.15, 0.2) is 0 Å². The van der Waals surface area contributed by atoms with Crippen LogP contribution in [-0.4, -0.2) is 60.7 Å². The quantitative estimate of drug-likeness (QED) is 0.664. The fraction of sp³-hybridized carbons (Fsp3) is 0.348. The van der Waals surface area contributed by atoms with E-state index < -0.39 is 0 Å². The first-order valence-electron chi connectivity index (χ1n) is 9.89. The number of fused-ring (bicyclic) bond motifs is 1. The zero-order valence-corrected chi connectivity index (χ0v) is 16.9. The van der Waals surface area contributed by atoms with Crippen molar-refractivity contribution in [2.45, 2.75) is 25.3 Å². The van der Waals surface area contributed by atoms with Crippen LogP contribution in [0.25, 0.3) is 0 Å². The van der Waals surface area contributed by atoms with Crippen LogP contribution in [0.4, 0.5) is 0 Å². The summed E-state index contributed by atoms with van der Waals surface area (Å²) in [6.07, 6.45) is 1.57. The van der Waals surface area contributed by atoms with Gasteiger partial charge in [0, 0.05) is 25.6 Å². The summed E-state index contributed by atoms with van der Waals surface area (Å²) in [6.45, 7) is 0.800. The van der Waals surface area contributed by atoms with Crippen molar-refractivity contribution in [1.82, 2.24) is 15.1 Å². The molecular weight excluding hydrogens is 366 g/mol. The summed E-state index contributed by atoms with van der Waals surface area (Å²) in [7, 11) is 4.00. The van der Waals surface area contributed by atoms with Crippen molar-refractivity contribution in [2.24, 2.45) is 0 Å². The average molecular weight is 393 g/mol. The van der Waals surface area contributed by atoms with Crippen molar-refractivity contribution in [3.05, 3.63) is 71.3 Å². The Hall–Kier alpha value is -2.99. The van der Waals surface area contributed by atoms with E-state index in [4.69, 9.17) is 0 Å². The molecule has 0 aromatic heterocycles. The van der Waals surface area contributed by atoms with E-state index >= 15 is 0 Å². The first-order valence-corrected chi connectivity index (χ1v) is 9.89. The van der Waals surface area contributed by atoms with Gasteiger partial charge in [-0.05, 0) is 44.6 Å². The molecule has 1 aliphatic rings. The molecule has 6 nitrogen and oxygen atoms in total. The molecule has 3 amide bonds. The normalized spacial score (nSPS) is 14.2. The third-order valence-electron chi connectivity index (χ3n) is 5.24. The van der Waals surface area contributed by atoms with Crippen molar-refractivity contribution in [3.8, 4) is 0 Å². The van der Waals surface area contributed by atoms with Gasteiger partial charge in [0.05, 0.1) is 11.1 Å². The number of nitrogens with one attached hydrogen (secondary N) is 1. The monoisotopic (exact) mass is 393 g/mol. The van der Waals surface area contributed by atoms with E-state index in [9.17, 15) is 14.4 Å². The Morgan fingerprint density at radius 1 is 0.966 bits per heavy atom. The summed E-state index contributed by atoms with van der Waals surface area (Å²) in [5.41, 5.74) is 2.11. The highest BCUT2D eigenvalue weighted by atomic mass is 16.2. The molecule has 1 N–H and O–H groups in total. The van der Waals surface area contributed by atoms with Crippen molar-refractivity contribution < 1.29 is 14.4 Å². The molecule has 152 valence electrons. The predicted molar refractivity (Wildman–Crippen MR) is 112 cm³/mol. The topological polar surface area (TPSA) is 69.7 Å². The molecular formula is C23H27N3O3. The van der Waals surface area contributed by atoms with E-state index in [1.54, 1.807) is 24.3 Å². The summed E-state index contributed by atoms with van der Waals surface area (Å²) >= 11 is 0. The van der Waals surface area contributed by atoms with E-state index in [0.29, 0.717) is 24.1 Å². The van der Waals surface area contributed by atoms with Crippen molar-refractivity contribution in [2.75, 3.05) is 27.2 Å². The van der Waals surface area contributed by atoms with Gasteiger partial charge in [-0.2, -0.15) is 0 Å². The fourth-order valence-corrected chi connectivity index (χ4v) is 3.48. The summed E-state index contributed by atoms with van der Waals surface area (Å²) in [4.78, 5) is 40.3. The second-order valence-corrected chi connectivity index (χ2v) is 7.52. The smallest absolute Gasteiger partial charge is 0.261 e. The van der Waals surface area contributed by atoms with Crippen molar-refractivity contribution in [1.29, 1.82) is 0 Å². The van der Waals surface area contributed by atoms with Gasteiger partial charge in [0.2, 0.25) is 5.91 Å². The second kappa shape index (κ2) is 9.47. The number of nitrogens with zero attached hydrogens (tertiary/aromatic N) is 2. The first-order chi connectivity index (χ1) is 14.0. The average Bonchev–Trinajstić information content (AvgIpc) is 2.97. The third-order valence-corrected chi connectivity index (χ3v) is 5.24. The summed E-state index contributed by atoms with van der Waals surface area (Å²) in [5, 5.41) is 2.98. The van der Waals surface area contributed by atoms with Gasteiger partial charge in [-0.25, -0.2) is 0 Å². The highest BCUT2D eigenvalue weighted by Gasteiger charge is 2.34. The van der Waals surface area contributed by atoms with Crippen LogP contribution in [-0.2, 0) is 11.2 Å². The Morgan fingerprint density at radius 3 is 2.14 bits per heavy atom. The van der Waals surface area contributed by atoms with Gasteiger partial charge < -0.3 is 10.2 Å². The van der Waals surface area contributed by atoms with E-state index in [1.807, 2.05) is 32.3 Å². The molecule has 0 unspecified atom stereocenters. The number of amides is 3. The van der Waals surface area contributed by atoms with Crippen LogP contribution in [0.1, 0.15) is 39.1 Å². The third kappa shape index (κ3) is 5.09. The first kappa shape index (κ1) is 20.7. The number of likely N-dealkylation sites (N-methyl/N-ethyl adjacent to an activating group) is 1. The largest absolute Gasteiger partial charge is 0.355 e. The molecule has 0 spiro atoms. The minimum atomic E-state index is -0.276. The van der Waals surface area contributed by atoms with Gasteiger partial charge in [0.25, 0.3) is 11.8 Å². The molecule has 1 heterocycles. The molecule has 3 rings (SSSR count). The minimum absolute atomic E-state index is 0.0680. The maximum Gasteiger partial charge on any atom is 0.261 e. The minimum Gasteiger partial charge on any atom is -0.355 e. The molecule has 1 aliphatic heterocycles. The number of benzene rings is 2. The van der Waals surface area contributed by atoms with E-state index in [-0.39, 0.29) is 36.7 Å². The maximum atomic E-state index is 12.3. The molecule has 2 aromatic rings. The number of carbonyl (C=O) groups is 3. The lowest BCUT2D eigenvalue weighted by Crippen LogP contribution is -2.41. The Kier molecular flexibility index (Phi) is 6.77. The molecule has 0 radical (unpaired) electrons. The van der Waals surface area contributed by atoms with Gasteiger partial charge >= 0.3 is 0 Å². The lowest BCUT2D eigenvalue weighted by Gasteiger charge is -2.25. The summed E-state index contributed by atoms with van der Waals surface area (Å²) < 4.78 is 0. The molecule has 6 heteroatoms. The van der Waals surface area contributed by atoms with Gasteiger partial charge in [0.1, 0.15) is 0 Å². The number of carbonyl (C=O) groups excluding carboxylic acids is 3. The zero-order chi connectivity index (χ0) is 20.8. The van der Waals surface area contributed by atoms with Gasteiger partial charge in [-0.3, -0.25) is 19.3 Å². The molecule has 1 atom stereocenters. The van der Waals surface area contributed by atoms with Crippen molar-refractivity contribution >= 4 is 17.7 Å². The summed E-state index contributed by atoms with van der Waals surface area (Å²) in [6, 6.07) is 17.2. The Balaban J connectivity index is 1.44. The van der Waals surface area contributed by atoms with Crippen LogP contribution in [0.5, 0.6) is 0 Å². The van der Waals surface area contributed by atoms with Crippen molar-refractivity contribution in [3.63, 3.8) is 0 Å². The number of imide groups is 1. The maximum absolute atomic E-state index is 12.3. The molecule has 0 saturated heterocycles. The zero-order valence-electron chi connectivity index (χ0n) is 16.9. The lowest BCUT2D eigenvalue weighted by atomic mass is 10.1. The molecule has 2 aromatic carbocycles. The van der Waals surface area contributed by atoms with Gasteiger partial charge in [-0.1, -0.05) is 42.5 Å². The van der Waals surface area contributed by atoms with Crippen LogP contribution in [0.2, 0.25) is 0 Å². The highest BCUT2D eigenvalue weighted by Crippen LogP contribution is 2.22. The number of hydrogen-bond donors (Lipinski definition) is 1. The molecule has 0 fully saturated rings. The summed E-state index contributed by atoms with van der Waals surface area (Å²) in [5.74, 6) is -0.621. The van der Waals surface area contributed by atoms with E-state index in [1.165, 1.54) is 10.5 Å². The Bertz CT molecular complexity index is 845. The SMILES string of the molecule is CN(C)[C@@H](CNC(=O)CCCN1C(=O)c2ccccc2C1=O)Cc1ccccc1. The van der Waals surface area contributed by atoms with E-state index in [2.05, 4.69) is 22.3 Å². The lowest BCUT2D eigenvalue weighted by molar-refractivity contribution is -0.121. The predicted octanol–water partition coefficient (Wildman–Crippen LogP) is 2.35. The van der Waals surface area contributed by atoms with Crippen LogP contribution >= 0.6 is 0 Å². The van der Waals surface area contributed by atoms with Crippen LogP contribution < -0.4 is 5.32 Å². The highest BCUT2D eigenvalue weighted by molar-refractivity contribution is 6.21. The van der Waals surface area contributed by atoms with Crippen LogP contribution in [0.15, 0.2) is 54.6 Å². The Labute approximate surface area is 171 Å². The fourth-order valence-electron chi connectivity index (χ4n) is 3.48. The standard InChI is InChI=1S/C23H27N3O3/c1-25(2)18(15-17-9-4-3-5-10-17)16-24-21(27)13-8-14-26-22(28)19-11-6-7-12-20(19)23(26)29/h3-7,9-12,18H,8,13-16H2,1-2H3,(H,24,27)/t18-/m1/s1. The van der Waals surface area contributed by atoms with Gasteiger partial charge in [-0.15, -0.1) is 0 Å². The van der Waals surface area contributed by atoms with Crippen LogP contribution in [0.3, 0.4) is 0 Å². The molecule has 0 aliphatic carbocycles. The number of hydrogen-bond acceptors (Lipinski definition) is 4. The van der Waals surface area contributed by atoms with Crippen LogP contribution in [0, 0.1) is 0 Å². The second-order valence-electron chi connectivity index (χ2n) is 7.52. The molecule has 29 heavy (non-hydrogen) atoms. The van der Waals surface area contributed by atoms with E-state index in [0.717, 1.165) is 6.42 Å².